The lowest BCUT2D eigenvalue weighted by molar-refractivity contribution is 0.340. The van der Waals surface area contributed by atoms with Gasteiger partial charge in [-0.1, -0.05) is 24.3 Å². The summed E-state index contributed by atoms with van der Waals surface area (Å²) in [5.74, 6) is 1.18. The van der Waals surface area contributed by atoms with Crippen molar-refractivity contribution in [2.24, 2.45) is 0 Å². The van der Waals surface area contributed by atoms with E-state index in [0.717, 1.165) is 22.4 Å². The molecule has 0 saturated heterocycles. The van der Waals surface area contributed by atoms with Crippen LogP contribution in [0.15, 0.2) is 42.5 Å². The van der Waals surface area contributed by atoms with Gasteiger partial charge in [0, 0.05) is 0 Å². The van der Waals surface area contributed by atoms with Gasteiger partial charge in [-0.25, -0.2) is 0 Å². The number of rotatable bonds is 3. The Morgan fingerprint density at radius 2 is 1.82 bits per heavy atom. The maximum absolute atomic E-state index is 9.70. The zero-order chi connectivity index (χ0) is 12.3. The molecule has 0 aliphatic carbocycles. The smallest absolute Gasteiger partial charge is 0.119 e. The summed E-state index contributed by atoms with van der Waals surface area (Å²) >= 11 is 0. The molecule has 0 fully saturated rings. The normalized spacial score (nSPS) is 10.2. The Morgan fingerprint density at radius 3 is 2.53 bits per heavy atom. The van der Waals surface area contributed by atoms with Crippen molar-refractivity contribution in [3.05, 3.63) is 48.0 Å². The molecule has 0 aliphatic rings. The van der Waals surface area contributed by atoms with Crippen molar-refractivity contribution in [2.45, 2.75) is 13.8 Å². The number of phenols is 1. The van der Waals surface area contributed by atoms with Crippen molar-refractivity contribution in [3.63, 3.8) is 0 Å². The number of ether oxygens (including phenoxy) is 1. The van der Waals surface area contributed by atoms with Gasteiger partial charge in [-0.05, 0) is 48.7 Å². The van der Waals surface area contributed by atoms with Gasteiger partial charge in [0.1, 0.15) is 11.5 Å². The van der Waals surface area contributed by atoms with Gasteiger partial charge >= 0.3 is 0 Å². The number of phenolic OH excluding ortho intramolecular Hbond substituents is 1. The second kappa shape index (κ2) is 4.91. The molecule has 0 spiro atoms. The van der Waals surface area contributed by atoms with Gasteiger partial charge in [-0.3, -0.25) is 0 Å². The third-order valence-electron chi connectivity index (χ3n) is 2.69. The van der Waals surface area contributed by atoms with E-state index in [9.17, 15) is 5.11 Å². The van der Waals surface area contributed by atoms with Crippen LogP contribution >= 0.6 is 0 Å². The van der Waals surface area contributed by atoms with Crippen LogP contribution in [0.5, 0.6) is 11.5 Å². The molecule has 2 heteroatoms. The van der Waals surface area contributed by atoms with Crippen molar-refractivity contribution in [2.75, 3.05) is 6.61 Å². The van der Waals surface area contributed by atoms with Crippen LogP contribution < -0.4 is 4.74 Å². The van der Waals surface area contributed by atoms with Crippen LogP contribution in [0, 0.1) is 6.92 Å². The van der Waals surface area contributed by atoms with Crippen LogP contribution in [-0.2, 0) is 0 Å². The highest BCUT2D eigenvalue weighted by molar-refractivity contribution is 5.67. The van der Waals surface area contributed by atoms with Crippen LogP contribution in [0.25, 0.3) is 11.1 Å². The van der Waals surface area contributed by atoms with Gasteiger partial charge in [0.2, 0.25) is 0 Å². The van der Waals surface area contributed by atoms with E-state index in [4.69, 9.17) is 4.74 Å². The van der Waals surface area contributed by atoms with Gasteiger partial charge in [-0.2, -0.15) is 0 Å². The molecule has 1 N–H and O–H groups in total. The van der Waals surface area contributed by atoms with E-state index in [2.05, 4.69) is 0 Å². The molecule has 0 atom stereocenters. The fourth-order valence-corrected chi connectivity index (χ4v) is 1.72. The Hall–Kier alpha value is -1.96. The summed E-state index contributed by atoms with van der Waals surface area (Å²) in [4.78, 5) is 0. The van der Waals surface area contributed by atoms with E-state index >= 15 is 0 Å². The van der Waals surface area contributed by atoms with Crippen molar-refractivity contribution in [3.8, 4) is 22.6 Å². The van der Waals surface area contributed by atoms with Crippen LogP contribution in [0.3, 0.4) is 0 Å². The second-order valence-corrected chi connectivity index (χ2v) is 3.96. The van der Waals surface area contributed by atoms with Crippen LogP contribution in [-0.4, -0.2) is 11.7 Å². The van der Waals surface area contributed by atoms with Crippen LogP contribution in [0.1, 0.15) is 12.5 Å². The molecule has 0 aliphatic heterocycles. The highest BCUT2D eigenvalue weighted by Crippen LogP contribution is 2.28. The quantitative estimate of drug-likeness (QED) is 0.866. The predicted molar refractivity (Wildman–Crippen MR) is 69.4 cm³/mol. The minimum Gasteiger partial charge on any atom is -0.508 e. The molecule has 2 rings (SSSR count). The zero-order valence-electron chi connectivity index (χ0n) is 10.1. The Labute approximate surface area is 101 Å². The number of aryl methyl sites for hydroxylation is 1. The van der Waals surface area contributed by atoms with Crippen molar-refractivity contribution < 1.29 is 9.84 Å². The lowest BCUT2D eigenvalue weighted by Crippen LogP contribution is -1.91. The average Bonchev–Trinajstić information content (AvgIpc) is 2.33. The molecule has 0 radical (unpaired) electrons. The lowest BCUT2D eigenvalue weighted by atomic mass is 10.0. The van der Waals surface area contributed by atoms with Crippen LogP contribution in [0.4, 0.5) is 0 Å². The summed E-state index contributed by atoms with van der Waals surface area (Å²) in [7, 11) is 0. The Bertz CT molecular complexity index is 518. The number of benzene rings is 2. The Balaban J connectivity index is 2.38. The minimum absolute atomic E-state index is 0.323. The van der Waals surface area contributed by atoms with Crippen molar-refractivity contribution in [1.29, 1.82) is 0 Å². The van der Waals surface area contributed by atoms with Gasteiger partial charge in [0.15, 0.2) is 0 Å². The second-order valence-electron chi connectivity index (χ2n) is 3.96. The molecular weight excluding hydrogens is 212 g/mol. The Kier molecular flexibility index (Phi) is 3.33. The number of hydrogen-bond donors (Lipinski definition) is 1. The summed E-state index contributed by atoms with van der Waals surface area (Å²) in [5.41, 5.74) is 2.93. The summed E-state index contributed by atoms with van der Waals surface area (Å²) in [6.07, 6.45) is 0. The molecule has 0 aromatic heterocycles. The molecule has 0 bridgehead atoms. The third-order valence-corrected chi connectivity index (χ3v) is 2.69. The molecule has 2 aromatic carbocycles. The van der Waals surface area contributed by atoms with Gasteiger partial charge < -0.3 is 9.84 Å². The van der Waals surface area contributed by atoms with Gasteiger partial charge in [0.25, 0.3) is 0 Å². The lowest BCUT2D eigenvalue weighted by Gasteiger charge is -2.07. The standard InChI is InChI=1S/C15H16O2/c1-3-17-14-6-4-5-12(9-14)13-8-7-11(2)15(16)10-13/h4-10,16H,3H2,1-2H3. The molecule has 0 unspecified atom stereocenters. The highest BCUT2D eigenvalue weighted by atomic mass is 16.5. The number of aromatic hydroxyl groups is 1. The van der Waals surface area contributed by atoms with E-state index in [1.54, 1.807) is 6.07 Å². The third kappa shape index (κ3) is 2.59. The Morgan fingerprint density at radius 1 is 1.06 bits per heavy atom. The first-order valence-corrected chi connectivity index (χ1v) is 5.73. The van der Waals surface area contributed by atoms with Gasteiger partial charge in [0.05, 0.1) is 6.61 Å². The summed E-state index contributed by atoms with van der Waals surface area (Å²) in [5, 5.41) is 9.70. The predicted octanol–water partition coefficient (Wildman–Crippen LogP) is 3.77. The van der Waals surface area contributed by atoms with Crippen molar-refractivity contribution >= 4 is 0 Å². The molecule has 2 nitrogen and oxygen atoms in total. The first-order valence-electron chi connectivity index (χ1n) is 5.73. The number of hydrogen-bond acceptors (Lipinski definition) is 2. The van der Waals surface area contributed by atoms with Gasteiger partial charge in [-0.15, -0.1) is 0 Å². The van der Waals surface area contributed by atoms with E-state index < -0.39 is 0 Å². The molecule has 0 amide bonds. The maximum Gasteiger partial charge on any atom is 0.119 e. The highest BCUT2D eigenvalue weighted by Gasteiger charge is 2.02. The average molecular weight is 228 g/mol. The largest absolute Gasteiger partial charge is 0.508 e. The first-order chi connectivity index (χ1) is 8.20. The molecular formula is C15H16O2. The van der Waals surface area contributed by atoms with E-state index in [1.165, 1.54) is 0 Å². The molecule has 0 saturated carbocycles. The summed E-state index contributed by atoms with van der Waals surface area (Å²) in [6, 6.07) is 13.6. The topological polar surface area (TPSA) is 29.5 Å². The fraction of sp³-hybridized carbons (Fsp3) is 0.200. The molecule has 2 aromatic rings. The van der Waals surface area contributed by atoms with E-state index in [-0.39, 0.29) is 0 Å². The SMILES string of the molecule is CCOc1cccc(-c2ccc(C)c(O)c2)c1. The van der Waals surface area contributed by atoms with E-state index in [1.807, 2.05) is 50.2 Å². The van der Waals surface area contributed by atoms with Crippen LogP contribution in [0.2, 0.25) is 0 Å². The maximum atomic E-state index is 9.70. The van der Waals surface area contributed by atoms with E-state index in [0.29, 0.717) is 12.4 Å². The summed E-state index contributed by atoms with van der Waals surface area (Å²) < 4.78 is 5.46. The fourth-order valence-electron chi connectivity index (χ4n) is 1.72. The molecule has 0 heterocycles. The molecule has 17 heavy (non-hydrogen) atoms. The zero-order valence-corrected chi connectivity index (χ0v) is 10.1. The summed E-state index contributed by atoms with van der Waals surface area (Å²) in [6.45, 7) is 4.50. The van der Waals surface area contributed by atoms with Crippen molar-refractivity contribution in [1.82, 2.24) is 0 Å². The first kappa shape index (κ1) is 11.5. The molecule has 88 valence electrons. The minimum atomic E-state index is 0.323. The monoisotopic (exact) mass is 228 g/mol.